The van der Waals surface area contributed by atoms with Gasteiger partial charge in [0, 0.05) is 24.4 Å². The van der Waals surface area contributed by atoms with Gasteiger partial charge in [0.15, 0.2) is 11.7 Å². The minimum Gasteiger partial charge on any atom is -0.441 e. The Bertz CT molecular complexity index is 665. The molecule has 25 heavy (non-hydrogen) atoms. The lowest BCUT2D eigenvalue weighted by molar-refractivity contribution is -0.121. The maximum absolute atomic E-state index is 12.9. The first-order valence-electron chi connectivity index (χ1n) is 8.94. The van der Waals surface area contributed by atoms with Crippen molar-refractivity contribution in [1.29, 1.82) is 0 Å². The SMILES string of the molecule is CC(C)CCCC(C)NC(=O)CCc1ncc(-c2ccc(F)cc2)o1. The highest BCUT2D eigenvalue weighted by Gasteiger charge is 2.11. The van der Waals surface area contributed by atoms with E-state index in [1.807, 2.05) is 6.92 Å². The van der Waals surface area contributed by atoms with Crippen LogP contribution in [0.15, 0.2) is 34.9 Å². The van der Waals surface area contributed by atoms with E-state index in [2.05, 4.69) is 24.1 Å². The van der Waals surface area contributed by atoms with Crippen molar-refractivity contribution in [3.63, 3.8) is 0 Å². The molecule has 2 rings (SSSR count). The molecule has 0 bridgehead atoms. The molecule has 0 aliphatic carbocycles. The summed E-state index contributed by atoms with van der Waals surface area (Å²) in [5, 5.41) is 3.02. The van der Waals surface area contributed by atoms with Crippen molar-refractivity contribution < 1.29 is 13.6 Å². The number of halogens is 1. The van der Waals surface area contributed by atoms with Gasteiger partial charge in [0.05, 0.1) is 6.20 Å². The van der Waals surface area contributed by atoms with E-state index in [0.29, 0.717) is 30.4 Å². The van der Waals surface area contributed by atoms with Gasteiger partial charge >= 0.3 is 0 Å². The van der Waals surface area contributed by atoms with Crippen LogP contribution in [-0.2, 0) is 11.2 Å². The van der Waals surface area contributed by atoms with Gasteiger partial charge < -0.3 is 9.73 Å². The van der Waals surface area contributed by atoms with Crippen molar-refractivity contribution in [1.82, 2.24) is 10.3 Å². The van der Waals surface area contributed by atoms with E-state index in [1.165, 1.54) is 18.6 Å². The highest BCUT2D eigenvalue weighted by atomic mass is 19.1. The molecule has 4 nitrogen and oxygen atoms in total. The monoisotopic (exact) mass is 346 g/mol. The van der Waals surface area contributed by atoms with Crippen molar-refractivity contribution in [3.8, 4) is 11.3 Å². The topological polar surface area (TPSA) is 55.1 Å². The van der Waals surface area contributed by atoms with E-state index >= 15 is 0 Å². The molecule has 136 valence electrons. The maximum Gasteiger partial charge on any atom is 0.220 e. The number of aromatic nitrogens is 1. The zero-order valence-corrected chi connectivity index (χ0v) is 15.2. The Morgan fingerprint density at radius 3 is 2.60 bits per heavy atom. The molecule has 0 saturated heterocycles. The minimum atomic E-state index is -0.289. The van der Waals surface area contributed by atoms with Crippen molar-refractivity contribution in [3.05, 3.63) is 42.2 Å². The van der Waals surface area contributed by atoms with Crippen LogP contribution in [0.5, 0.6) is 0 Å². The number of carbonyl (C=O) groups is 1. The maximum atomic E-state index is 12.9. The van der Waals surface area contributed by atoms with Crippen LogP contribution in [-0.4, -0.2) is 16.9 Å². The average Bonchev–Trinajstić information content (AvgIpc) is 3.02. The molecule has 5 heteroatoms. The molecule has 1 atom stereocenters. The Labute approximate surface area is 148 Å². The number of oxazole rings is 1. The predicted octanol–water partition coefficient (Wildman–Crippen LogP) is 4.74. The molecule has 0 radical (unpaired) electrons. The normalized spacial score (nSPS) is 12.4. The summed E-state index contributed by atoms with van der Waals surface area (Å²) in [6, 6.07) is 6.23. The van der Waals surface area contributed by atoms with Crippen LogP contribution in [0.1, 0.15) is 52.3 Å². The molecule has 1 amide bonds. The molecule has 0 spiro atoms. The standard InChI is InChI=1S/C20H27FN2O2/c1-14(2)5-4-6-15(3)23-19(24)11-12-20-22-13-18(25-20)16-7-9-17(21)10-8-16/h7-10,13-15H,4-6,11-12H2,1-3H3,(H,23,24). The summed E-state index contributed by atoms with van der Waals surface area (Å²) >= 11 is 0. The number of hydrogen-bond acceptors (Lipinski definition) is 3. The minimum absolute atomic E-state index is 0.0126. The van der Waals surface area contributed by atoms with Crippen molar-refractivity contribution in [2.75, 3.05) is 0 Å². The lowest BCUT2D eigenvalue weighted by Crippen LogP contribution is -2.32. The highest BCUT2D eigenvalue weighted by molar-refractivity contribution is 5.76. The Balaban J connectivity index is 1.75. The molecule has 1 aromatic heterocycles. The van der Waals surface area contributed by atoms with Crippen LogP contribution in [0.4, 0.5) is 4.39 Å². The van der Waals surface area contributed by atoms with Gasteiger partial charge in [-0.3, -0.25) is 4.79 Å². The zero-order chi connectivity index (χ0) is 18.2. The Morgan fingerprint density at radius 2 is 1.92 bits per heavy atom. The molecular formula is C20H27FN2O2. The summed E-state index contributed by atoms with van der Waals surface area (Å²) in [5.74, 6) is 1.52. The van der Waals surface area contributed by atoms with Gasteiger partial charge in [0.25, 0.3) is 0 Å². The van der Waals surface area contributed by atoms with Crippen molar-refractivity contribution >= 4 is 5.91 Å². The molecule has 0 aliphatic heterocycles. The Morgan fingerprint density at radius 1 is 1.20 bits per heavy atom. The third-order valence-corrected chi connectivity index (χ3v) is 4.07. The Kier molecular flexibility index (Phi) is 7.16. The molecule has 0 saturated carbocycles. The van der Waals surface area contributed by atoms with E-state index in [1.54, 1.807) is 18.3 Å². The van der Waals surface area contributed by atoms with Crippen LogP contribution in [0, 0.1) is 11.7 Å². The van der Waals surface area contributed by atoms with Gasteiger partial charge in [-0.15, -0.1) is 0 Å². The smallest absolute Gasteiger partial charge is 0.220 e. The first kappa shape index (κ1) is 19.2. The average molecular weight is 346 g/mol. The van der Waals surface area contributed by atoms with Crippen LogP contribution < -0.4 is 5.32 Å². The van der Waals surface area contributed by atoms with E-state index < -0.39 is 0 Å². The van der Waals surface area contributed by atoms with E-state index in [-0.39, 0.29) is 17.8 Å². The Hall–Kier alpha value is -2.17. The van der Waals surface area contributed by atoms with Crippen molar-refractivity contribution in [2.24, 2.45) is 5.92 Å². The molecule has 1 heterocycles. The highest BCUT2D eigenvalue weighted by Crippen LogP contribution is 2.21. The lowest BCUT2D eigenvalue weighted by atomic mass is 10.0. The summed E-state index contributed by atoms with van der Waals surface area (Å²) in [6.07, 6.45) is 5.71. The number of nitrogens with zero attached hydrogens (tertiary/aromatic N) is 1. The van der Waals surface area contributed by atoms with E-state index in [0.717, 1.165) is 18.4 Å². The largest absolute Gasteiger partial charge is 0.441 e. The molecule has 1 N–H and O–H groups in total. The molecule has 1 aromatic carbocycles. The number of nitrogens with one attached hydrogen (secondary N) is 1. The number of benzene rings is 1. The van der Waals surface area contributed by atoms with Crippen molar-refractivity contribution in [2.45, 2.75) is 58.9 Å². The van der Waals surface area contributed by atoms with Crippen LogP contribution in [0.2, 0.25) is 0 Å². The third-order valence-electron chi connectivity index (χ3n) is 4.07. The van der Waals surface area contributed by atoms with Gasteiger partial charge in [0.2, 0.25) is 5.91 Å². The number of aryl methyl sites for hydroxylation is 1. The quantitative estimate of drug-likeness (QED) is 0.713. The fourth-order valence-electron chi connectivity index (χ4n) is 2.65. The molecule has 0 fully saturated rings. The first-order chi connectivity index (χ1) is 11.9. The first-order valence-corrected chi connectivity index (χ1v) is 8.94. The van der Waals surface area contributed by atoms with Crippen LogP contribution >= 0.6 is 0 Å². The number of rotatable bonds is 9. The van der Waals surface area contributed by atoms with Gasteiger partial charge in [0.1, 0.15) is 5.82 Å². The van der Waals surface area contributed by atoms with Gasteiger partial charge in [-0.1, -0.05) is 26.7 Å². The number of carbonyl (C=O) groups excluding carboxylic acids is 1. The summed E-state index contributed by atoms with van der Waals surface area (Å²) in [6.45, 7) is 6.45. The fourth-order valence-corrected chi connectivity index (χ4v) is 2.65. The second-order valence-electron chi connectivity index (χ2n) is 6.92. The number of amides is 1. The molecule has 1 unspecified atom stereocenters. The second-order valence-corrected chi connectivity index (χ2v) is 6.92. The third kappa shape index (κ3) is 6.69. The second kappa shape index (κ2) is 9.35. The zero-order valence-electron chi connectivity index (χ0n) is 15.2. The van der Waals surface area contributed by atoms with Crippen LogP contribution in [0.25, 0.3) is 11.3 Å². The molecular weight excluding hydrogens is 319 g/mol. The van der Waals surface area contributed by atoms with Crippen LogP contribution in [0.3, 0.4) is 0 Å². The molecule has 0 aliphatic rings. The van der Waals surface area contributed by atoms with E-state index in [9.17, 15) is 9.18 Å². The van der Waals surface area contributed by atoms with E-state index in [4.69, 9.17) is 4.42 Å². The fraction of sp³-hybridized carbons (Fsp3) is 0.500. The summed E-state index contributed by atoms with van der Waals surface area (Å²) in [5.41, 5.74) is 0.767. The van der Waals surface area contributed by atoms with Gasteiger partial charge in [-0.05, 0) is 43.5 Å². The van der Waals surface area contributed by atoms with Gasteiger partial charge in [-0.25, -0.2) is 9.37 Å². The summed E-state index contributed by atoms with van der Waals surface area (Å²) in [7, 11) is 0. The summed E-state index contributed by atoms with van der Waals surface area (Å²) < 4.78 is 18.6. The lowest BCUT2D eigenvalue weighted by Gasteiger charge is -2.14. The molecule has 2 aromatic rings. The summed E-state index contributed by atoms with van der Waals surface area (Å²) in [4.78, 5) is 16.2. The predicted molar refractivity (Wildman–Crippen MR) is 96.5 cm³/mol. The van der Waals surface area contributed by atoms with Gasteiger partial charge in [-0.2, -0.15) is 0 Å². The number of hydrogen-bond donors (Lipinski definition) is 1.